The van der Waals surface area contributed by atoms with Crippen LogP contribution in [0.5, 0.6) is 0 Å². The fourth-order valence-electron chi connectivity index (χ4n) is 3.42. The molecule has 3 aromatic rings. The molecule has 1 aromatic carbocycles. The molecular weight excluding hydrogens is 385 g/mol. The summed E-state index contributed by atoms with van der Waals surface area (Å²) < 4.78 is 40.2. The topological polar surface area (TPSA) is 83.8 Å². The molecule has 1 fully saturated rings. The van der Waals surface area contributed by atoms with Crippen molar-refractivity contribution in [1.29, 1.82) is 0 Å². The molecule has 1 unspecified atom stereocenters. The van der Waals surface area contributed by atoms with Crippen LogP contribution in [0.1, 0.15) is 55.4 Å². The quantitative estimate of drug-likeness (QED) is 0.684. The van der Waals surface area contributed by atoms with Gasteiger partial charge < -0.3 is 10.1 Å². The van der Waals surface area contributed by atoms with Crippen LogP contribution in [-0.4, -0.2) is 24.9 Å². The van der Waals surface area contributed by atoms with Gasteiger partial charge in [-0.05, 0) is 43.4 Å². The first-order chi connectivity index (χ1) is 13.8. The predicted octanol–water partition coefficient (Wildman–Crippen LogP) is 3.96. The summed E-state index contributed by atoms with van der Waals surface area (Å²) in [5.74, 6) is 0.595. The van der Waals surface area contributed by atoms with Gasteiger partial charge in [0.25, 0.3) is 5.56 Å². The van der Waals surface area contributed by atoms with Gasteiger partial charge in [0.2, 0.25) is 0 Å². The molecule has 0 radical (unpaired) electrons. The van der Waals surface area contributed by atoms with E-state index < -0.39 is 23.9 Å². The standard InChI is InChI=1S/C18H17F3N4O2.C2H6/c1-9-22-16-14(17(27)23-9)13(8-26)24-25(16)15(10-2-3-10)11-4-6-12(7-5-11)18(19,20)21;1-2/h4-7,10,15,26H,2-3,8H2,1H3,(H,22,23,27);1-2H3. The number of aryl methyl sites for hydroxylation is 1. The highest BCUT2D eigenvalue weighted by molar-refractivity contribution is 5.77. The number of nitrogens with one attached hydrogen (secondary N) is 1. The van der Waals surface area contributed by atoms with Crippen molar-refractivity contribution in [3.8, 4) is 0 Å². The molecule has 9 heteroatoms. The first kappa shape index (κ1) is 21.0. The highest BCUT2D eigenvalue weighted by atomic mass is 19.4. The third-order valence-corrected chi connectivity index (χ3v) is 4.81. The van der Waals surface area contributed by atoms with Crippen LogP contribution in [0.15, 0.2) is 29.1 Å². The molecule has 156 valence electrons. The second-order valence-corrected chi connectivity index (χ2v) is 6.80. The number of aromatic nitrogens is 4. The van der Waals surface area contributed by atoms with E-state index in [4.69, 9.17) is 0 Å². The minimum atomic E-state index is -4.40. The molecule has 0 saturated heterocycles. The average molecular weight is 408 g/mol. The second-order valence-electron chi connectivity index (χ2n) is 6.80. The molecular formula is C20H23F3N4O2. The number of alkyl halides is 3. The Balaban J connectivity index is 0.00000117. The van der Waals surface area contributed by atoms with Gasteiger partial charge in [0.1, 0.15) is 16.9 Å². The van der Waals surface area contributed by atoms with Gasteiger partial charge in [0.05, 0.1) is 18.2 Å². The third kappa shape index (κ3) is 4.05. The van der Waals surface area contributed by atoms with Crippen molar-refractivity contribution in [2.24, 2.45) is 5.92 Å². The van der Waals surface area contributed by atoms with Gasteiger partial charge in [0.15, 0.2) is 5.65 Å². The zero-order valence-corrected chi connectivity index (χ0v) is 16.4. The summed E-state index contributed by atoms with van der Waals surface area (Å²) in [6.07, 6.45) is -2.59. The number of benzene rings is 1. The Labute approximate surface area is 165 Å². The van der Waals surface area contributed by atoms with Gasteiger partial charge in [-0.15, -0.1) is 0 Å². The van der Waals surface area contributed by atoms with E-state index in [-0.39, 0.29) is 23.0 Å². The summed E-state index contributed by atoms with van der Waals surface area (Å²) in [6, 6.07) is 4.64. The van der Waals surface area contributed by atoms with Gasteiger partial charge in [-0.1, -0.05) is 26.0 Å². The number of aliphatic hydroxyl groups excluding tert-OH is 1. The summed E-state index contributed by atoms with van der Waals surface area (Å²) in [4.78, 5) is 19.3. The zero-order chi connectivity index (χ0) is 21.3. The molecule has 2 aromatic heterocycles. The van der Waals surface area contributed by atoms with Gasteiger partial charge in [-0.3, -0.25) is 4.79 Å². The maximum absolute atomic E-state index is 12.9. The molecule has 2 N–H and O–H groups in total. The molecule has 0 aliphatic heterocycles. The van der Waals surface area contributed by atoms with Crippen molar-refractivity contribution in [2.45, 2.75) is 52.4 Å². The number of hydrogen-bond acceptors (Lipinski definition) is 4. The lowest BCUT2D eigenvalue weighted by molar-refractivity contribution is -0.137. The summed E-state index contributed by atoms with van der Waals surface area (Å²) in [5, 5.41) is 14.2. The lowest BCUT2D eigenvalue weighted by Gasteiger charge is -2.19. The smallest absolute Gasteiger partial charge is 0.390 e. The number of fused-ring (bicyclic) bond motifs is 1. The predicted molar refractivity (Wildman–Crippen MR) is 102 cm³/mol. The van der Waals surface area contributed by atoms with E-state index in [9.17, 15) is 23.1 Å². The summed E-state index contributed by atoms with van der Waals surface area (Å²) in [5.41, 5.74) is 0.0925. The van der Waals surface area contributed by atoms with Crippen LogP contribution in [0.3, 0.4) is 0 Å². The van der Waals surface area contributed by atoms with Gasteiger partial charge in [0, 0.05) is 0 Å². The number of rotatable bonds is 4. The van der Waals surface area contributed by atoms with Crippen molar-refractivity contribution in [3.05, 3.63) is 57.3 Å². The van der Waals surface area contributed by atoms with Crippen molar-refractivity contribution in [1.82, 2.24) is 19.7 Å². The monoisotopic (exact) mass is 408 g/mol. The van der Waals surface area contributed by atoms with Gasteiger partial charge in [-0.2, -0.15) is 18.3 Å². The Morgan fingerprint density at radius 3 is 2.38 bits per heavy atom. The Kier molecular flexibility index (Phi) is 5.79. The van der Waals surface area contributed by atoms with E-state index in [1.54, 1.807) is 11.6 Å². The molecule has 1 saturated carbocycles. The van der Waals surface area contributed by atoms with Crippen LogP contribution in [0.25, 0.3) is 11.0 Å². The lowest BCUT2D eigenvalue weighted by atomic mass is 10.0. The first-order valence-electron chi connectivity index (χ1n) is 9.55. The Bertz CT molecular complexity index is 1050. The van der Waals surface area contributed by atoms with E-state index >= 15 is 0 Å². The third-order valence-electron chi connectivity index (χ3n) is 4.81. The van der Waals surface area contributed by atoms with E-state index in [2.05, 4.69) is 15.1 Å². The van der Waals surface area contributed by atoms with Crippen LogP contribution in [-0.2, 0) is 12.8 Å². The fourth-order valence-corrected chi connectivity index (χ4v) is 3.42. The van der Waals surface area contributed by atoms with E-state index in [1.807, 2.05) is 13.8 Å². The van der Waals surface area contributed by atoms with E-state index in [0.29, 0.717) is 17.0 Å². The van der Waals surface area contributed by atoms with Crippen LogP contribution >= 0.6 is 0 Å². The van der Waals surface area contributed by atoms with Crippen molar-refractivity contribution in [3.63, 3.8) is 0 Å². The minimum Gasteiger partial charge on any atom is -0.390 e. The Hall–Kier alpha value is -2.68. The molecule has 2 heterocycles. The summed E-state index contributed by atoms with van der Waals surface area (Å²) in [7, 11) is 0. The number of H-pyrrole nitrogens is 1. The highest BCUT2D eigenvalue weighted by Gasteiger charge is 2.37. The van der Waals surface area contributed by atoms with Crippen LogP contribution < -0.4 is 5.56 Å². The lowest BCUT2D eigenvalue weighted by Crippen LogP contribution is -2.17. The number of halogens is 3. The fraction of sp³-hybridized carbons (Fsp3) is 0.450. The zero-order valence-electron chi connectivity index (χ0n) is 16.4. The van der Waals surface area contributed by atoms with E-state index in [1.165, 1.54) is 12.1 Å². The second kappa shape index (κ2) is 7.98. The van der Waals surface area contributed by atoms with Gasteiger partial charge in [-0.25, -0.2) is 9.67 Å². The minimum absolute atomic E-state index is 0.192. The normalized spacial score (nSPS) is 15.1. The number of hydrogen-bond donors (Lipinski definition) is 2. The number of aromatic amines is 1. The molecule has 0 bridgehead atoms. The first-order valence-corrected chi connectivity index (χ1v) is 9.55. The number of nitrogens with zero attached hydrogens (tertiary/aromatic N) is 3. The molecule has 0 amide bonds. The van der Waals surface area contributed by atoms with Crippen molar-refractivity contribution < 1.29 is 18.3 Å². The average Bonchev–Trinajstić information content (AvgIpc) is 3.45. The van der Waals surface area contributed by atoms with E-state index in [0.717, 1.165) is 25.0 Å². The maximum atomic E-state index is 12.9. The molecule has 1 aliphatic rings. The molecule has 4 rings (SSSR count). The summed E-state index contributed by atoms with van der Waals surface area (Å²) in [6.45, 7) is 5.21. The number of aliphatic hydroxyl groups is 1. The molecule has 1 atom stereocenters. The molecule has 6 nitrogen and oxygen atoms in total. The SMILES string of the molecule is CC.Cc1nc2c(c(CO)nn2C(c2ccc(C(F)(F)F)cc2)C2CC2)c(=O)[nH]1. The Morgan fingerprint density at radius 1 is 1.24 bits per heavy atom. The molecule has 1 aliphatic carbocycles. The Morgan fingerprint density at radius 2 is 1.86 bits per heavy atom. The largest absolute Gasteiger partial charge is 0.416 e. The van der Waals surface area contributed by atoms with Crippen molar-refractivity contribution >= 4 is 11.0 Å². The van der Waals surface area contributed by atoms with Crippen molar-refractivity contribution in [2.75, 3.05) is 0 Å². The highest BCUT2D eigenvalue weighted by Crippen LogP contribution is 2.44. The van der Waals surface area contributed by atoms with Crippen LogP contribution in [0.4, 0.5) is 13.2 Å². The van der Waals surface area contributed by atoms with Crippen LogP contribution in [0, 0.1) is 12.8 Å². The van der Waals surface area contributed by atoms with Crippen LogP contribution in [0.2, 0.25) is 0 Å². The molecule has 0 spiro atoms. The van der Waals surface area contributed by atoms with Gasteiger partial charge >= 0.3 is 6.18 Å². The molecule has 29 heavy (non-hydrogen) atoms. The summed E-state index contributed by atoms with van der Waals surface area (Å²) >= 11 is 0. The maximum Gasteiger partial charge on any atom is 0.416 e.